The van der Waals surface area contributed by atoms with Gasteiger partial charge in [0.25, 0.3) is 0 Å². The van der Waals surface area contributed by atoms with Crippen LogP contribution in [0.2, 0.25) is 0 Å². The van der Waals surface area contributed by atoms with Gasteiger partial charge >= 0.3 is 17.1 Å². The number of fused-ring (bicyclic) bond motifs is 1. The molecule has 6 nitrogen and oxygen atoms in total. The SMILES string of the molecule is O=C(O)c1cccc2c1[nH]c(=O)c(=O)n2CC1CCSC1. The van der Waals surface area contributed by atoms with E-state index in [9.17, 15) is 19.5 Å². The quantitative estimate of drug-likeness (QED) is 0.830. The normalized spacial score (nSPS) is 18.2. The van der Waals surface area contributed by atoms with Gasteiger partial charge in [-0.1, -0.05) is 6.07 Å². The van der Waals surface area contributed by atoms with E-state index < -0.39 is 17.1 Å². The molecule has 0 aliphatic carbocycles. The van der Waals surface area contributed by atoms with Crippen molar-refractivity contribution in [3.8, 4) is 0 Å². The minimum absolute atomic E-state index is 0.000790. The van der Waals surface area contributed by atoms with E-state index in [0.717, 1.165) is 17.9 Å². The zero-order valence-electron chi connectivity index (χ0n) is 11.2. The summed E-state index contributed by atoms with van der Waals surface area (Å²) < 4.78 is 1.41. The monoisotopic (exact) mass is 306 g/mol. The van der Waals surface area contributed by atoms with E-state index >= 15 is 0 Å². The Kier molecular flexibility index (Phi) is 3.59. The van der Waals surface area contributed by atoms with Gasteiger partial charge in [-0.15, -0.1) is 0 Å². The Hall–Kier alpha value is -2.02. The molecule has 1 aromatic heterocycles. The van der Waals surface area contributed by atoms with E-state index in [2.05, 4.69) is 4.98 Å². The molecule has 2 aromatic rings. The average Bonchev–Trinajstić information content (AvgIpc) is 2.96. The number of aromatic amines is 1. The van der Waals surface area contributed by atoms with Crippen molar-refractivity contribution in [2.45, 2.75) is 13.0 Å². The molecular weight excluding hydrogens is 292 g/mol. The number of aromatic carboxylic acids is 1. The molecule has 0 radical (unpaired) electrons. The summed E-state index contributed by atoms with van der Waals surface area (Å²) in [6.07, 6.45) is 1.00. The Labute approximate surface area is 123 Å². The Bertz CT molecular complexity index is 818. The standard InChI is InChI=1S/C14H14N2O4S/c17-12-13(18)16(6-8-4-5-21-7-8)10-3-1-2-9(14(19)20)11(10)15-12/h1-3,8H,4-7H2,(H,15,17)(H,19,20). The van der Waals surface area contributed by atoms with E-state index in [1.165, 1.54) is 10.6 Å². The summed E-state index contributed by atoms with van der Waals surface area (Å²) in [7, 11) is 0. The second-order valence-corrected chi connectivity index (χ2v) is 6.25. The first-order valence-corrected chi connectivity index (χ1v) is 7.80. The Morgan fingerprint density at radius 3 is 2.90 bits per heavy atom. The molecule has 2 N–H and O–H groups in total. The van der Waals surface area contributed by atoms with Gasteiger partial charge in [0.05, 0.1) is 16.6 Å². The number of carboxylic acids is 1. The summed E-state index contributed by atoms with van der Waals surface area (Å²) in [5.41, 5.74) is -0.723. The van der Waals surface area contributed by atoms with Gasteiger partial charge in [0.15, 0.2) is 0 Å². The van der Waals surface area contributed by atoms with Crippen LogP contribution in [0.25, 0.3) is 11.0 Å². The number of nitrogens with zero attached hydrogens (tertiary/aromatic N) is 1. The maximum absolute atomic E-state index is 12.1. The molecule has 110 valence electrons. The van der Waals surface area contributed by atoms with Gasteiger partial charge in [0.1, 0.15) is 0 Å². The molecule has 2 heterocycles. The second kappa shape index (κ2) is 5.40. The summed E-state index contributed by atoms with van der Waals surface area (Å²) in [4.78, 5) is 37.6. The minimum atomic E-state index is -1.13. The highest BCUT2D eigenvalue weighted by atomic mass is 32.2. The lowest BCUT2D eigenvalue weighted by atomic mass is 10.1. The number of H-pyrrole nitrogens is 1. The largest absolute Gasteiger partial charge is 0.478 e. The second-order valence-electron chi connectivity index (χ2n) is 5.10. The Balaban J connectivity index is 2.24. The lowest BCUT2D eigenvalue weighted by Crippen LogP contribution is -2.38. The summed E-state index contributed by atoms with van der Waals surface area (Å²) in [6, 6.07) is 4.67. The Morgan fingerprint density at radius 1 is 1.43 bits per heavy atom. The van der Waals surface area contributed by atoms with Crippen molar-refractivity contribution < 1.29 is 9.90 Å². The number of hydrogen-bond donors (Lipinski definition) is 2. The molecule has 0 saturated carbocycles. The molecule has 1 aliphatic heterocycles. The van der Waals surface area contributed by atoms with Crippen LogP contribution in [0.15, 0.2) is 27.8 Å². The molecule has 3 rings (SSSR count). The third-order valence-electron chi connectivity index (χ3n) is 3.71. The van der Waals surface area contributed by atoms with Crippen LogP contribution in [0.4, 0.5) is 0 Å². The van der Waals surface area contributed by atoms with Crippen LogP contribution in [0.1, 0.15) is 16.8 Å². The first-order valence-electron chi connectivity index (χ1n) is 6.65. The molecule has 21 heavy (non-hydrogen) atoms. The number of benzene rings is 1. The van der Waals surface area contributed by atoms with Crippen LogP contribution in [-0.4, -0.2) is 32.1 Å². The molecule has 1 saturated heterocycles. The first-order chi connectivity index (χ1) is 10.1. The van der Waals surface area contributed by atoms with E-state index in [4.69, 9.17) is 0 Å². The van der Waals surface area contributed by atoms with Crippen LogP contribution in [0.3, 0.4) is 0 Å². The zero-order chi connectivity index (χ0) is 15.0. The third-order valence-corrected chi connectivity index (χ3v) is 4.94. The minimum Gasteiger partial charge on any atom is -0.478 e. The van der Waals surface area contributed by atoms with Crippen LogP contribution < -0.4 is 11.1 Å². The number of carboxylic acid groups (broad SMARTS) is 1. The number of carbonyl (C=O) groups is 1. The van der Waals surface area contributed by atoms with Gasteiger partial charge in [-0.05, 0) is 36.0 Å². The van der Waals surface area contributed by atoms with Gasteiger partial charge in [0, 0.05) is 6.54 Å². The van der Waals surface area contributed by atoms with E-state index in [0.29, 0.717) is 18.0 Å². The van der Waals surface area contributed by atoms with Crippen molar-refractivity contribution in [2.75, 3.05) is 11.5 Å². The maximum Gasteiger partial charge on any atom is 0.337 e. The predicted octanol–water partition coefficient (Wildman–Crippen LogP) is 1.14. The average molecular weight is 306 g/mol. The van der Waals surface area contributed by atoms with Crippen molar-refractivity contribution in [3.63, 3.8) is 0 Å². The molecule has 1 aromatic carbocycles. The maximum atomic E-state index is 12.1. The molecule has 0 bridgehead atoms. The molecular formula is C14H14N2O4S. The predicted molar refractivity (Wildman–Crippen MR) is 81.2 cm³/mol. The van der Waals surface area contributed by atoms with Gasteiger partial charge in [0.2, 0.25) is 0 Å². The van der Waals surface area contributed by atoms with Crippen molar-refractivity contribution in [3.05, 3.63) is 44.5 Å². The van der Waals surface area contributed by atoms with Crippen molar-refractivity contribution in [2.24, 2.45) is 5.92 Å². The fourth-order valence-electron chi connectivity index (χ4n) is 2.64. The van der Waals surface area contributed by atoms with Crippen molar-refractivity contribution in [1.82, 2.24) is 9.55 Å². The molecule has 7 heteroatoms. The Morgan fingerprint density at radius 2 is 2.24 bits per heavy atom. The van der Waals surface area contributed by atoms with Crippen LogP contribution in [0.5, 0.6) is 0 Å². The molecule has 1 atom stereocenters. The van der Waals surface area contributed by atoms with E-state index in [1.54, 1.807) is 12.1 Å². The fourth-order valence-corrected chi connectivity index (χ4v) is 3.91. The number of nitrogens with one attached hydrogen (secondary N) is 1. The number of hydrogen-bond acceptors (Lipinski definition) is 4. The summed E-state index contributed by atoms with van der Waals surface area (Å²) in [6.45, 7) is 0.454. The number of para-hydroxylation sites is 1. The summed E-state index contributed by atoms with van der Waals surface area (Å²) in [5.74, 6) is 1.23. The topological polar surface area (TPSA) is 92.2 Å². The fraction of sp³-hybridized carbons (Fsp3) is 0.357. The van der Waals surface area contributed by atoms with Crippen LogP contribution in [0, 0.1) is 5.92 Å². The lowest BCUT2D eigenvalue weighted by Gasteiger charge is -2.14. The molecule has 0 spiro atoms. The number of thioether (sulfide) groups is 1. The highest BCUT2D eigenvalue weighted by molar-refractivity contribution is 7.99. The van der Waals surface area contributed by atoms with Gasteiger partial charge in [-0.2, -0.15) is 11.8 Å². The number of aromatic nitrogens is 2. The van der Waals surface area contributed by atoms with E-state index in [-0.39, 0.29) is 11.1 Å². The number of rotatable bonds is 3. The van der Waals surface area contributed by atoms with E-state index in [1.807, 2.05) is 11.8 Å². The summed E-state index contributed by atoms with van der Waals surface area (Å²) in [5, 5.41) is 9.21. The molecule has 1 fully saturated rings. The molecule has 1 aliphatic rings. The van der Waals surface area contributed by atoms with Gasteiger partial charge in [-0.25, -0.2) is 4.79 Å². The van der Waals surface area contributed by atoms with Gasteiger partial charge in [-0.3, -0.25) is 9.59 Å². The van der Waals surface area contributed by atoms with Crippen molar-refractivity contribution >= 4 is 28.8 Å². The highest BCUT2D eigenvalue weighted by Gasteiger charge is 2.20. The van der Waals surface area contributed by atoms with Crippen LogP contribution >= 0.6 is 11.8 Å². The molecule has 1 unspecified atom stereocenters. The van der Waals surface area contributed by atoms with Gasteiger partial charge < -0.3 is 14.7 Å². The lowest BCUT2D eigenvalue weighted by molar-refractivity contribution is 0.0699. The smallest absolute Gasteiger partial charge is 0.337 e. The van der Waals surface area contributed by atoms with Crippen LogP contribution in [-0.2, 0) is 6.54 Å². The van der Waals surface area contributed by atoms with Crippen molar-refractivity contribution in [1.29, 1.82) is 0 Å². The third kappa shape index (κ3) is 2.49. The zero-order valence-corrected chi connectivity index (χ0v) is 12.0. The summed E-state index contributed by atoms with van der Waals surface area (Å²) >= 11 is 1.83. The first kappa shape index (κ1) is 13.9. The molecule has 0 amide bonds. The highest BCUT2D eigenvalue weighted by Crippen LogP contribution is 2.25.